The first kappa shape index (κ1) is 50.6. The summed E-state index contributed by atoms with van der Waals surface area (Å²) in [5.74, 6) is 0. The summed E-state index contributed by atoms with van der Waals surface area (Å²) in [6.07, 6.45) is 0. The van der Waals surface area contributed by atoms with Gasteiger partial charge >= 0.3 is 416 Å². The van der Waals surface area contributed by atoms with Gasteiger partial charge in [-0.3, -0.25) is 0 Å². The number of hydrogen-bond donors (Lipinski definition) is 0. The molecule has 3 heterocycles. The van der Waals surface area contributed by atoms with Crippen molar-refractivity contribution in [2.45, 2.75) is 131 Å². The van der Waals surface area contributed by atoms with Crippen molar-refractivity contribution >= 4 is 97.3 Å². The Labute approximate surface area is 455 Å². The van der Waals surface area contributed by atoms with Crippen LogP contribution < -0.4 is 30.0 Å². The van der Waals surface area contributed by atoms with Crippen molar-refractivity contribution in [1.82, 2.24) is 0 Å². The first-order valence-electron chi connectivity index (χ1n) is 27.1. The van der Waals surface area contributed by atoms with Crippen molar-refractivity contribution in [3.05, 3.63) is 204 Å². The first-order valence-corrected chi connectivity index (χ1v) is 28.8. The topological polar surface area (TPSA) is 9.72 Å². The van der Waals surface area contributed by atoms with Crippen LogP contribution in [0, 0.1) is 0 Å². The van der Waals surface area contributed by atoms with Crippen LogP contribution >= 0.6 is 0 Å². The molecule has 2 aliphatic heterocycles. The molecular weight excluding hydrogens is 973 g/mol. The molecule has 5 heteroatoms. The number of nitrogens with zero attached hydrogens (tertiary/aromatic N) is 3. The third kappa shape index (κ3) is 9.19. The van der Waals surface area contributed by atoms with Gasteiger partial charge in [0.25, 0.3) is 0 Å². The molecule has 0 N–H and O–H groups in total. The van der Waals surface area contributed by atoms with Crippen LogP contribution in [0.15, 0.2) is 176 Å². The molecule has 0 amide bonds. The number of hydrogen-bond acceptors (Lipinski definition) is 3. The van der Waals surface area contributed by atoms with Gasteiger partial charge in [0.05, 0.1) is 0 Å². The molecule has 75 heavy (non-hydrogen) atoms. The maximum absolute atomic E-state index is 2.63. The summed E-state index contributed by atoms with van der Waals surface area (Å²) in [7, 11) is 0. The van der Waals surface area contributed by atoms with E-state index in [0.29, 0.717) is 0 Å². The molecule has 9 aromatic rings. The zero-order valence-electron chi connectivity index (χ0n) is 47.1. The summed E-state index contributed by atoms with van der Waals surface area (Å²) < 4.78 is 2.96. The van der Waals surface area contributed by atoms with Gasteiger partial charge in [0.1, 0.15) is 0 Å². The van der Waals surface area contributed by atoms with Gasteiger partial charge in [-0.05, 0) is 0 Å². The van der Waals surface area contributed by atoms with Gasteiger partial charge in [-0.25, -0.2) is 0 Å². The van der Waals surface area contributed by atoms with Gasteiger partial charge in [-0.2, -0.15) is 0 Å². The van der Waals surface area contributed by atoms with E-state index in [2.05, 4.69) is 294 Å². The number of benzene rings is 8. The summed E-state index contributed by atoms with van der Waals surface area (Å²) in [6.45, 7) is 34.5. The minimum atomic E-state index is 0.0231. The molecule has 11 rings (SSSR count). The van der Waals surface area contributed by atoms with Crippen LogP contribution in [-0.2, 0) is 27.1 Å². The van der Waals surface area contributed by atoms with Gasteiger partial charge < -0.3 is 0 Å². The van der Waals surface area contributed by atoms with Gasteiger partial charge in [-0.1, -0.05) is 41.5 Å². The van der Waals surface area contributed by atoms with E-state index in [1.165, 1.54) is 92.3 Å². The second-order valence-electron chi connectivity index (χ2n) is 26.4. The Bertz CT molecular complexity index is 3530. The van der Waals surface area contributed by atoms with Crippen LogP contribution in [-0.4, -0.2) is 21.2 Å². The van der Waals surface area contributed by atoms with Crippen LogP contribution in [0.25, 0.3) is 20.8 Å². The third-order valence-electron chi connectivity index (χ3n) is 15.9. The van der Waals surface area contributed by atoms with E-state index < -0.39 is 0 Å². The average molecular weight is 1050 g/mol. The van der Waals surface area contributed by atoms with Crippen molar-refractivity contribution in [2.75, 3.05) is 14.7 Å². The summed E-state index contributed by atoms with van der Waals surface area (Å²) in [5.41, 5.74) is 22.9. The molecule has 0 unspecified atom stereocenters. The monoisotopic (exact) mass is 1050 g/mol. The zero-order chi connectivity index (χ0) is 53.1. The molecule has 1 aromatic heterocycles. The second kappa shape index (κ2) is 18.1. The minimum absolute atomic E-state index is 0.0231. The Hall–Kier alpha value is -6.52. The standard InChI is InChI=1S/C70H74BN3Se/c1-66(2,3)47-22-19-45(20-23-47)46-21-42-62-57(43-46)64-65(75-62)71-58-41-40-56(72(52-32-24-48(25-33-52)67(4,5)6)53-34-26-49(27-35-53)68(7,8)9)44-61(58)73(54-36-28-50(29-37-54)69(10,11)12)59-17-16-18-60(63(59)71)74(64)55-38-30-51(31-39-55)70(13,14)15/h16-44H,1-15H3. The summed E-state index contributed by atoms with van der Waals surface area (Å²) in [4.78, 5) is 7.66. The Morgan fingerprint density at radius 3 is 1.24 bits per heavy atom. The molecular formula is C70H74BN3Se. The van der Waals surface area contributed by atoms with Crippen molar-refractivity contribution in [1.29, 1.82) is 0 Å². The fraction of sp³-hybridized carbons (Fsp3) is 0.286. The molecule has 0 saturated heterocycles. The summed E-state index contributed by atoms with van der Waals surface area (Å²) in [6, 6.07) is 68.4. The van der Waals surface area contributed by atoms with Gasteiger partial charge in [0.15, 0.2) is 0 Å². The molecule has 0 fully saturated rings. The van der Waals surface area contributed by atoms with Crippen LogP contribution in [0.2, 0.25) is 0 Å². The molecule has 0 spiro atoms. The first-order chi connectivity index (χ1) is 35.3. The number of rotatable bonds is 6. The molecule has 0 aliphatic carbocycles. The Morgan fingerprint density at radius 2 is 0.773 bits per heavy atom. The van der Waals surface area contributed by atoms with Crippen molar-refractivity contribution in [3.8, 4) is 11.1 Å². The van der Waals surface area contributed by atoms with Crippen molar-refractivity contribution in [3.63, 3.8) is 0 Å². The maximum atomic E-state index is 2.63. The van der Waals surface area contributed by atoms with E-state index in [9.17, 15) is 0 Å². The molecule has 0 bridgehead atoms. The summed E-state index contributed by atoms with van der Waals surface area (Å²) in [5, 5.41) is 1.35. The Balaban J connectivity index is 1.17. The van der Waals surface area contributed by atoms with Crippen molar-refractivity contribution in [2.24, 2.45) is 0 Å². The van der Waals surface area contributed by atoms with Crippen LogP contribution in [0.3, 0.4) is 0 Å². The zero-order valence-corrected chi connectivity index (χ0v) is 48.8. The van der Waals surface area contributed by atoms with Crippen LogP contribution in [0.5, 0.6) is 0 Å². The molecule has 3 nitrogen and oxygen atoms in total. The fourth-order valence-electron chi connectivity index (χ4n) is 11.3. The van der Waals surface area contributed by atoms with E-state index in [4.69, 9.17) is 0 Å². The molecule has 0 atom stereocenters. The Morgan fingerprint density at radius 1 is 0.373 bits per heavy atom. The van der Waals surface area contributed by atoms with Gasteiger partial charge in [-0.15, -0.1) is 0 Å². The quantitative estimate of drug-likeness (QED) is 0.154. The van der Waals surface area contributed by atoms with Gasteiger partial charge in [0.2, 0.25) is 0 Å². The molecule has 2 aliphatic rings. The predicted octanol–water partition coefficient (Wildman–Crippen LogP) is 17.6. The fourth-order valence-corrected chi connectivity index (χ4v) is 14.0. The van der Waals surface area contributed by atoms with Gasteiger partial charge in [0, 0.05) is 0 Å². The third-order valence-corrected chi connectivity index (χ3v) is 18.4. The average Bonchev–Trinajstić information content (AvgIpc) is 3.78. The van der Waals surface area contributed by atoms with Crippen molar-refractivity contribution < 1.29 is 0 Å². The predicted molar refractivity (Wildman–Crippen MR) is 329 cm³/mol. The molecule has 8 aromatic carbocycles. The van der Waals surface area contributed by atoms with E-state index in [1.54, 1.807) is 0 Å². The normalized spacial score (nSPS) is 13.7. The molecule has 0 saturated carbocycles. The van der Waals surface area contributed by atoms with E-state index >= 15 is 0 Å². The van der Waals surface area contributed by atoms with Crippen LogP contribution in [0.4, 0.5) is 51.2 Å². The second-order valence-corrected chi connectivity index (χ2v) is 28.7. The van der Waals surface area contributed by atoms with Crippen LogP contribution in [0.1, 0.15) is 132 Å². The Kier molecular flexibility index (Phi) is 12.2. The van der Waals surface area contributed by atoms with E-state index in [0.717, 1.165) is 22.7 Å². The SMILES string of the molecule is CC(C)(C)c1ccc(-c2ccc3[se]c4c(c3c2)N(c2ccc(C(C)(C)C)cc2)c2cccc3c2B4c2ccc(N(c4ccc(C(C)(C)C)cc4)c4ccc(C(C)(C)C)cc4)cc2N3c2ccc(C(C)(C)C)cc2)cc1. The molecule has 0 radical (unpaired) electrons. The number of anilines is 9. The summed E-state index contributed by atoms with van der Waals surface area (Å²) >= 11 is 0.0560. The van der Waals surface area contributed by atoms with E-state index in [-0.39, 0.29) is 48.3 Å². The molecule has 378 valence electrons. The van der Waals surface area contributed by atoms with E-state index in [1.807, 2.05) is 0 Å². The number of fused-ring (bicyclic) bond motifs is 6.